The summed E-state index contributed by atoms with van der Waals surface area (Å²) < 4.78 is 0. The Morgan fingerprint density at radius 1 is 1.53 bits per heavy atom. The molecule has 1 aromatic heterocycles. The van der Waals surface area contributed by atoms with E-state index >= 15 is 0 Å². The van der Waals surface area contributed by atoms with Crippen LogP contribution in [0, 0.1) is 24.2 Å². The van der Waals surface area contributed by atoms with Gasteiger partial charge in [-0.15, -0.1) is 0 Å². The molecule has 0 aliphatic carbocycles. The highest BCUT2D eigenvalue weighted by Crippen LogP contribution is 2.33. The number of pyridine rings is 1. The molecule has 0 amide bonds. The first-order valence-corrected chi connectivity index (χ1v) is 5.38. The van der Waals surface area contributed by atoms with Crippen LogP contribution in [0.2, 0.25) is 0 Å². The molecule has 2 unspecified atom stereocenters. The van der Waals surface area contributed by atoms with Crippen molar-refractivity contribution < 1.29 is 0 Å². The summed E-state index contributed by atoms with van der Waals surface area (Å²) in [4.78, 5) is 4.53. The van der Waals surface area contributed by atoms with E-state index < -0.39 is 0 Å². The van der Waals surface area contributed by atoms with Crippen LogP contribution in [-0.2, 0) is 5.41 Å². The molecule has 0 N–H and O–H groups in total. The molecule has 0 spiro atoms. The van der Waals surface area contributed by atoms with Crippen LogP contribution in [-0.4, -0.2) is 4.98 Å². The van der Waals surface area contributed by atoms with Crippen LogP contribution in [0.5, 0.6) is 0 Å². The van der Waals surface area contributed by atoms with Crippen molar-refractivity contribution in [3.8, 4) is 6.07 Å². The third-order valence-corrected chi connectivity index (χ3v) is 3.36. The Balaban J connectivity index is 3.18. The van der Waals surface area contributed by atoms with Gasteiger partial charge in [0, 0.05) is 16.8 Å². The molecule has 80 valence electrons. The lowest BCUT2D eigenvalue weighted by Gasteiger charge is -2.30. The highest BCUT2D eigenvalue weighted by atomic mass is 14.7. The van der Waals surface area contributed by atoms with Crippen molar-refractivity contribution in [1.82, 2.24) is 4.98 Å². The van der Waals surface area contributed by atoms with Crippen LogP contribution in [0.25, 0.3) is 0 Å². The molecule has 1 heterocycles. The summed E-state index contributed by atoms with van der Waals surface area (Å²) in [5.74, 6) is -0.0169. The van der Waals surface area contributed by atoms with Gasteiger partial charge in [0.15, 0.2) is 0 Å². The predicted molar refractivity (Wildman–Crippen MR) is 61.4 cm³/mol. The number of rotatable bonds is 3. The molecule has 0 saturated carbocycles. The molecule has 2 heteroatoms. The van der Waals surface area contributed by atoms with E-state index in [2.05, 4.69) is 24.9 Å². The van der Waals surface area contributed by atoms with E-state index in [0.29, 0.717) is 0 Å². The van der Waals surface area contributed by atoms with Crippen molar-refractivity contribution in [1.29, 1.82) is 5.26 Å². The second-order valence-corrected chi connectivity index (χ2v) is 4.29. The van der Waals surface area contributed by atoms with Gasteiger partial charge >= 0.3 is 0 Å². The summed E-state index contributed by atoms with van der Waals surface area (Å²) in [5, 5.41) is 9.05. The second kappa shape index (κ2) is 4.44. The fourth-order valence-electron chi connectivity index (χ4n) is 1.71. The maximum absolute atomic E-state index is 9.05. The summed E-state index contributed by atoms with van der Waals surface area (Å²) in [7, 11) is 0. The Labute approximate surface area is 92.0 Å². The quantitative estimate of drug-likeness (QED) is 0.754. The van der Waals surface area contributed by atoms with Crippen molar-refractivity contribution in [2.75, 3.05) is 0 Å². The molecule has 0 radical (unpaired) electrons. The lowest BCUT2D eigenvalue weighted by atomic mass is 9.73. The van der Waals surface area contributed by atoms with Gasteiger partial charge in [-0.1, -0.05) is 19.9 Å². The first-order valence-electron chi connectivity index (χ1n) is 5.38. The van der Waals surface area contributed by atoms with Crippen molar-refractivity contribution in [3.63, 3.8) is 0 Å². The van der Waals surface area contributed by atoms with Gasteiger partial charge < -0.3 is 0 Å². The maximum atomic E-state index is 9.05. The molecule has 1 aromatic rings. The number of hydrogen-bond donors (Lipinski definition) is 0. The van der Waals surface area contributed by atoms with E-state index in [1.54, 1.807) is 0 Å². The smallest absolute Gasteiger partial charge is 0.0662 e. The molecule has 0 aliphatic heterocycles. The molecule has 0 fully saturated rings. The minimum absolute atomic E-state index is 0.0169. The topological polar surface area (TPSA) is 36.7 Å². The van der Waals surface area contributed by atoms with Crippen LogP contribution >= 0.6 is 0 Å². The van der Waals surface area contributed by atoms with Crippen LogP contribution in [0.15, 0.2) is 18.2 Å². The standard InChI is InChI=1S/C13H18N2/c1-5-13(4,10(2)9-14)12-8-6-7-11(3)15-12/h6-8,10H,5H2,1-4H3. The van der Waals surface area contributed by atoms with Gasteiger partial charge in [0.25, 0.3) is 0 Å². The first-order chi connectivity index (χ1) is 7.04. The molecule has 2 atom stereocenters. The molecular weight excluding hydrogens is 184 g/mol. The zero-order valence-corrected chi connectivity index (χ0v) is 9.91. The zero-order chi connectivity index (χ0) is 11.5. The number of aryl methyl sites for hydroxylation is 1. The van der Waals surface area contributed by atoms with Crippen LogP contribution in [0.1, 0.15) is 38.6 Å². The van der Waals surface area contributed by atoms with Gasteiger partial charge in [0.05, 0.1) is 12.0 Å². The van der Waals surface area contributed by atoms with Gasteiger partial charge in [-0.3, -0.25) is 4.98 Å². The van der Waals surface area contributed by atoms with E-state index in [0.717, 1.165) is 17.8 Å². The second-order valence-electron chi connectivity index (χ2n) is 4.29. The normalized spacial score (nSPS) is 16.5. The van der Waals surface area contributed by atoms with E-state index in [1.165, 1.54) is 0 Å². The highest BCUT2D eigenvalue weighted by Gasteiger charge is 2.32. The molecule has 0 bridgehead atoms. The third kappa shape index (κ3) is 2.18. The molecule has 0 aromatic carbocycles. The average molecular weight is 202 g/mol. The van der Waals surface area contributed by atoms with E-state index in [4.69, 9.17) is 5.26 Å². The van der Waals surface area contributed by atoms with Crippen LogP contribution in [0.4, 0.5) is 0 Å². The van der Waals surface area contributed by atoms with Gasteiger partial charge in [-0.2, -0.15) is 5.26 Å². The summed E-state index contributed by atoms with van der Waals surface area (Å²) in [6.45, 7) is 8.17. The lowest BCUT2D eigenvalue weighted by Crippen LogP contribution is -2.30. The fourth-order valence-corrected chi connectivity index (χ4v) is 1.71. The van der Waals surface area contributed by atoms with E-state index in [-0.39, 0.29) is 11.3 Å². The fraction of sp³-hybridized carbons (Fsp3) is 0.538. The van der Waals surface area contributed by atoms with E-state index in [1.807, 2.05) is 32.0 Å². The molecule has 0 aliphatic rings. The van der Waals surface area contributed by atoms with Crippen LogP contribution < -0.4 is 0 Å². The van der Waals surface area contributed by atoms with E-state index in [9.17, 15) is 0 Å². The molecular formula is C13H18N2. The minimum Gasteiger partial charge on any atom is -0.258 e. The van der Waals surface area contributed by atoms with Crippen molar-refractivity contribution in [2.45, 2.75) is 39.5 Å². The summed E-state index contributed by atoms with van der Waals surface area (Å²) in [6.07, 6.45) is 0.929. The lowest BCUT2D eigenvalue weighted by molar-refractivity contribution is 0.354. The molecule has 15 heavy (non-hydrogen) atoms. The summed E-state index contributed by atoms with van der Waals surface area (Å²) >= 11 is 0. The Hall–Kier alpha value is -1.36. The van der Waals surface area contributed by atoms with Crippen LogP contribution in [0.3, 0.4) is 0 Å². The maximum Gasteiger partial charge on any atom is 0.0662 e. The Bertz CT molecular complexity index is 378. The van der Waals surface area contributed by atoms with Crippen molar-refractivity contribution >= 4 is 0 Å². The monoisotopic (exact) mass is 202 g/mol. The minimum atomic E-state index is -0.138. The molecule has 0 saturated heterocycles. The number of aromatic nitrogens is 1. The highest BCUT2D eigenvalue weighted by molar-refractivity contribution is 5.22. The zero-order valence-electron chi connectivity index (χ0n) is 9.91. The Morgan fingerprint density at radius 3 is 2.67 bits per heavy atom. The number of hydrogen-bond acceptors (Lipinski definition) is 2. The number of nitrogens with zero attached hydrogens (tertiary/aromatic N) is 2. The summed E-state index contributed by atoms with van der Waals surface area (Å²) in [6, 6.07) is 8.34. The average Bonchev–Trinajstić information content (AvgIpc) is 2.26. The largest absolute Gasteiger partial charge is 0.258 e. The third-order valence-electron chi connectivity index (χ3n) is 3.36. The van der Waals surface area contributed by atoms with Crippen molar-refractivity contribution in [2.24, 2.45) is 5.92 Å². The van der Waals surface area contributed by atoms with Crippen molar-refractivity contribution in [3.05, 3.63) is 29.6 Å². The Morgan fingerprint density at radius 2 is 2.20 bits per heavy atom. The van der Waals surface area contributed by atoms with Gasteiger partial charge in [-0.25, -0.2) is 0 Å². The van der Waals surface area contributed by atoms with Gasteiger partial charge in [-0.05, 0) is 32.4 Å². The molecule has 2 nitrogen and oxygen atoms in total. The summed E-state index contributed by atoms with van der Waals surface area (Å²) in [5.41, 5.74) is 1.90. The first kappa shape index (κ1) is 11.7. The van der Waals surface area contributed by atoms with Gasteiger partial charge in [0.1, 0.15) is 0 Å². The predicted octanol–water partition coefficient (Wildman–Crippen LogP) is 3.22. The molecule has 1 rings (SSSR count). The number of nitriles is 1. The van der Waals surface area contributed by atoms with Gasteiger partial charge in [0.2, 0.25) is 0 Å². The SMILES string of the molecule is CCC(C)(c1cccc(C)n1)C(C)C#N. The Kier molecular flexibility index (Phi) is 3.47.